The van der Waals surface area contributed by atoms with Gasteiger partial charge in [-0.25, -0.2) is 0 Å². The third-order valence-corrected chi connectivity index (χ3v) is 1.99. The summed E-state index contributed by atoms with van der Waals surface area (Å²) in [5.74, 6) is 0. The highest BCUT2D eigenvalue weighted by Gasteiger charge is 2.06. The van der Waals surface area contributed by atoms with Gasteiger partial charge in [-0.3, -0.25) is 4.79 Å². The van der Waals surface area contributed by atoms with Crippen molar-refractivity contribution in [2.45, 2.75) is 13.0 Å². The molecule has 0 atom stereocenters. The second kappa shape index (κ2) is 2.38. The number of hydrogen-bond acceptors (Lipinski definition) is 1. The maximum absolute atomic E-state index is 10.4. The van der Waals surface area contributed by atoms with Crippen LogP contribution in [-0.4, -0.2) is 10.9 Å². The standard InChI is InChI=1S/C9H9NO/c11-7-8-3-5-10-4-1-2-9(10)6-8/h1-2,4,6-7H,3,5H2. The van der Waals surface area contributed by atoms with Gasteiger partial charge in [0, 0.05) is 18.4 Å². The summed E-state index contributed by atoms with van der Waals surface area (Å²) in [6.07, 6.45) is 5.78. The molecular weight excluding hydrogens is 138 g/mol. The summed E-state index contributed by atoms with van der Waals surface area (Å²) < 4.78 is 2.15. The van der Waals surface area contributed by atoms with Crippen LogP contribution in [-0.2, 0) is 11.3 Å². The Labute approximate surface area is 65.1 Å². The Bertz CT molecular complexity index is 309. The molecule has 0 aromatic carbocycles. The van der Waals surface area contributed by atoms with Gasteiger partial charge in [0.2, 0.25) is 0 Å². The zero-order chi connectivity index (χ0) is 7.68. The fraction of sp³-hybridized carbons (Fsp3) is 0.222. The smallest absolute Gasteiger partial charge is 0.146 e. The maximum atomic E-state index is 10.4. The SMILES string of the molecule is O=CC1=Cc2cccn2CC1. The molecular formula is C9H9NO. The van der Waals surface area contributed by atoms with E-state index >= 15 is 0 Å². The van der Waals surface area contributed by atoms with Gasteiger partial charge >= 0.3 is 0 Å². The molecule has 56 valence electrons. The highest BCUT2D eigenvalue weighted by molar-refractivity contribution is 5.81. The Kier molecular flexibility index (Phi) is 1.39. The Morgan fingerprint density at radius 1 is 1.55 bits per heavy atom. The van der Waals surface area contributed by atoms with Crippen LogP contribution in [0.25, 0.3) is 6.08 Å². The molecule has 0 saturated carbocycles. The zero-order valence-corrected chi connectivity index (χ0v) is 6.16. The predicted octanol–water partition coefficient (Wildman–Crippen LogP) is 1.47. The lowest BCUT2D eigenvalue weighted by molar-refractivity contribution is -0.105. The van der Waals surface area contributed by atoms with Crippen molar-refractivity contribution in [3.05, 3.63) is 29.6 Å². The molecule has 1 aromatic heterocycles. The quantitative estimate of drug-likeness (QED) is 0.551. The molecule has 2 nitrogen and oxygen atoms in total. The number of hydrogen-bond donors (Lipinski definition) is 0. The number of rotatable bonds is 1. The minimum Gasteiger partial charge on any atom is -0.348 e. The predicted molar refractivity (Wildman–Crippen MR) is 43.1 cm³/mol. The van der Waals surface area contributed by atoms with Crippen molar-refractivity contribution in [2.75, 3.05) is 0 Å². The lowest BCUT2D eigenvalue weighted by atomic mass is 10.1. The molecule has 1 aliphatic rings. The Morgan fingerprint density at radius 3 is 3.27 bits per heavy atom. The van der Waals surface area contributed by atoms with Crippen LogP contribution >= 0.6 is 0 Å². The number of fused-ring (bicyclic) bond motifs is 1. The van der Waals surface area contributed by atoms with Crippen LogP contribution in [0.2, 0.25) is 0 Å². The number of nitrogens with zero attached hydrogens (tertiary/aromatic N) is 1. The van der Waals surface area contributed by atoms with Gasteiger partial charge in [-0.1, -0.05) is 0 Å². The molecule has 0 amide bonds. The first kappa shape index (κ1) is 6.40. The average molecular weight is 147 g/mol. The number of aryl methyl sites for hydroxylation is 1. The van der Waals surface area contributed by atoms with Gasteiger partial charge in [0.15, 0.2) is 0 Å². The Balaban J connectivity index is 2.44. The van der Waals surface area contributed by atoms with E-state index in [1.165, 1.54) is 0 Å². The maximum Gasteiger partial charge on any atom is 0.146 e. The van der Waals surface area contributed by atoms with Crippen LogP contribution in [0, 0.1) is 0 Å². The summed E-state index contributed by atoms with van der Waals surface area (Å²) in [5, 5.41) is 0. The van der Waals surface area contributed by atoms with Crippen LogP contribution in [0.1, 0.15) is 12.1 Å². The highest BCUT2D eigenvalue weighted by Crippen LogP contribution is 2.16. The van der Waals surface area contributed by atoms with E-state index in [-0.39, 0.29) is 0 Å². The van der Waals surface area contributed by atoms with E-state index in [2.05, 4.69) is 4.57 Å². The summed E-state index contributed by atoms with van der Waals surface area (Å²) in [6, 6.07) is 4.02. The van der Waals surface area contributed by atoms with Gasteiger partial charge in [0.05, 0.1) is 0 Å². The largest absolute Gasteiger partial charge is 0.348 e. The third kappa shape index (κ3) is 1.00. The Morgan fingerprint density at radius 2 is 2.45 bits per heavy atom. The number of carbonyl (C=O) groups is 1. The van der Waals surface area contributed by atoms with Crippen molar-refractivity contribution < 1.29 is 4.79 Å². The molecule has 0 aliphatic carbocycles. The van der Waals surface area contributed by atoms with Gasteiger partial charge in [-0.2, -0.15) is 0 Å². The first-order valence-corrected chi connectivity index (χ1v) is 3.71. The van der Waals surface area contributed by atoms with E-state index in [1.54, 1.807) is 0 Å². The van der Waals surface area contributed by atoms with Gasteiger partial charge in [0.25, 0.3) is 0 Å². The Hall–Kier alpha value is -1.31. The fourth-order valence-corrected chi connectivity index (χ4v) is 1.37. The number of aldehydes is 1. The van der Waals surface area contributed by atoms with Crippen molar-refractivity contribution in [3.63, 3.8) is 0 Å². The molecule has 2 heterocycles. The minimum absolute atomic E-state index is 0.866. The van der Waals surface area contributed by atoms with Crippen molar-refractivity contribution in [3.8, 4) is 0 Å². The minimum atomic E-state index is 0.866. The van der Waals surface area contributed by atoms with Crippen LogP contribution < -0.4 is 0 Å². The normalized spacial score (nSPS) is 15.5. The topological polar surface area (TPSA) is 22.0 Å². The van der Waals surface area contributed by atoms with E-state index in [0.29, 0.717) is 0 Å². The van der Waals surface area contributed by atoms with Crippen LogP contribution in [0.3, 0.4) is 0 Å². The van der Waals surface area contributed by atoms with E-state index in [0.717, 1.165) is 30.5 Å². The molecule has 0 fully saturated rings. The van der Waals surface area contributed by atoms with Crippen molar-refractivity contribution in [1.29, 1.82) is 0 Å². The molecule has 0 spiro atoms. The number of carbonyl (C=O) groups excluding carboxylic acids is 1. The second-order valence-electron chi connectivity index (χ2n) is 2.71. The highest BCUT2D eigenvalue weighted by atomic mass is 16.1. The summed E-state index contributed by atoms with van der Waals surface area (Å²) in [5.41, 5.74) is 2.04. The van der Waals surface area contributed by atoms with Crippen LogP contribution in [0.15, 0.2) is 23.9 Å². The monoisotopic (exact) mass is 147 g/mol. The van der Waals surface area contributed by atoms with E-state index in [4.69, 9.17) is 0 Å². The molecule has 11 heavy (non-hydrogen) atoms. The summed E-state index contributed by atoms with van der Waals surface area (Å²) in [6.45, 7) is 0.937. The van der Waals surface area contributed by atoms with Gasteiger partial charge < -0.3 is 4.57 Å². The second-order valence-corrected chi connectivity index (χ2v) is 2.71. The summed E-state index contributed by atoms with van der Waals surface area (Å²) in [4.78, 5) is 10.4. The third-order valence-electron chi connectivity index (χ3n) is 1.99. The molecule has 2 heteroatoms. The lowest BCUT2D eigenvalue weighted by Crippen LogP contribution is -2.05. The van der Waals surface area contributed by atoms with E-state index in [9.17, 15) is 4.79 Å². The zero-order valence-electron chi connectivity index (χ0n) is 6.16. The van der Waals surface area contributed by atoms with Gasteiger partial charge in [0.1, 0.15) is 6.29 Å². The van der Waals surface area contributed by atoms with Crippen molar-refractivity contribution in [2.24, 2.45) is 0 Å². The van der Waals surface area contributed by atoms with E-state index in [1.807, 2.05) is 24.4 Å². The average Bonchev–Trinajstić information content (AvgIpc) is 2.50. The first-order chi connectivity index (χ1) is 5.40. The molecule has 1 aliphatic heterocycles. The van der Waals surface area contributed by atoms with Crippen LogP contribution in [0.5, 0.6) is 0 Å². The number of allylic oxidation sites excluding steroid dienone is 1. The number of aromatic nitrogens is 1. The fourth-order valence-electron chi connectivity index (χ4n) is 1.37. The van der Waals surface area contributed by atoms with Crippen molar-refractivity contribution in [1.82, 2.24) is 4.57 Å². The molecule has 1 aromatic rings. The molecule has 0 bridgehead atoms. The molecule has 0 saturated heterocycles. The summed E-state index contributed by atoms with van der Waals surface area (Å²) in [7, 11) is 0. The van der Waals surface area contributed by atoms with Crippen molar-refractivity contribution >= 4 is 12.4 Å². The molecule has 0 N–H and O–H groups in total. The van der Waals surface area contributed by atoms with Gasteiger partial charge in [-0.05, 0) is 30.2 Å². The molecule has 2 rings (SSSR count). The molecule has 0 unspecified atom stereocenters. The van der Waals surface area contributed by atoms with Gasteiger partial charge in [-0.15, -0.1) is 0 Å². The van der Waals surface area contributed by atoms with E-state index < -0.39 is 0 Å². The van der Waals surface area contributed by atoms with Crippen LogP contribution in [0.4, 0.5) is 0 Å². The molecule has 0 radical (unpaired) electrons. The lowest BCUT2D eigenvalue weighted by Gasteiger charge is -2.11. The first-order valence-electron chi connectivity index (χ1n) is 3.71. The summed E-state index contributed by atoms with van der Waals surface area (Å²) >= 11 is 0.